The van der Waals surface area contributed by atoms with Crippen LogP contribution in [0, 0.1) is 0 Å². The van der Waals surface area contributed by atoms with E-state index in [2.05, 4.69) is 5.32 Å². The predicted molar refractivity (Wildman–Crippen MR) is 78.3 cm³/mol. The number of sulfonamides is 1. The van der Waals surface area contributed by atoms with Gasteiger partial charge in [0.1, 0.15) is 5.76 Å². The normalized spacial score (nSPS) is 13.2. The van der Waals surface area contributed by atoms with E-state index < -0.39 is 10.0 Å². The molecule has 0 spiro atoms. The first kappa shape index (κ1) is 14.9. The second kappa shape index (κ2) is 5.87. The third-order valence-corrected chi connectivity index (χ3v) is 4.00. The number of rotatable bonds is 5. The first-order chi connectivity index (χ1) is 9.36. The van der Waals surface area contributed by atoms with E-state index in [1.807, 2.05) is 19.1 Å². The number of halogens is 1. The molecule has 5 nitrogen and oxygen atoms in total. The fourth-order valence-electron chi connectivity index (χ4n) is 1.84. The smallest absolute Gasteiger partial charge is 0.238 e. The number of benzene rings is 1. The van der Waals surface area contributed by atoms with E-state index in [1.165, 1.54) is 18.2 Å². The van der Waals surface area contributed by atoms with Crippen LogP contribution in [0.2, 0.25) is 5.02 Å². The number of nitrogens with one attached hydrogen (secondary N) is 1. The zero-order chi connectivity index (χ0) is 14.8. The fraction of sp³-hybridized carbons (Fsp3) is 0.231. The Kier molecular flexibility index (Phi) is 4.37. The SMILES string of the molecule is CC(Cc1ccco1)Nc1cc(S(N)(=O)=O)ccc1Cl. The van der Waals surface area contributed by atoms with Crippen molar-refractivity contribution in [2.24, 2.45) is 5.14 Å². The van der Waals surface area contributed by atoms with E-state index in [0.717, 1.165) is 5.76 Å². The van der Waals surface area contributed by atoms with Crippen LogP contribution in [0.4, 0.5) is 5.69 Å². The maximum absolute atomic E-state index is 11.3. The van der Waals surface area contributed by atoms with Gasteiger partial charge in [0.25, 0.3) is 0 Å². The van der Waals surface area contributed by atoms with Gasteiger partial charge in [0, 0.05) is 12.5 Å². The van der Waals surface area contributed by atoms with Crippen molar-refractivity contribution in [2.75, 3.05) is 5.32 Å². The highest BCUT2D eigenvalue weighted by molar-refractivity contribution is 7.89. The van der Waals surface area contributed by atoms with Crippen LogP contribution in [0.15, 0.2) is 45.9 Å². The van der Waals surface area contributed by atoms with Crippen LogP contribution in [0.5, 0.6) is 0 Å². The van der Waals surface area contributed by atoms with Crippen molar-refractivity contribution < 1.29 is 12.8 Å². The minimum Gasteiger partial charge on any atom is -0.469 e. The fourth-order valence-corrected chi connectivity index (χ4v) is 2.55. The molecule has 108 valence electrons. The summed E-state index contributed by atoms with van der Waals surface area (Å²) >= 11 is 6.05. The molecule has 7 heteroatoms. The number of nitrogens with two attached hydrogens (primary N) is 1. The number of furan rings is 1. The zero-order valence-corrected chi connectivity index (χ0v) is 12.4. The highest BCUT2D eigenvalue weighted by Crippen LogP contribution is 2.25. The van der Waals surface area contributed by atoms with Gasteiger partial charge >= 0.3 is 0 Å². The maximum atomic E-state index is 11.3. The topological polar surface area (TPSA) is 85.3 Å². The number of anilines is 1. The molecule has 0 bridgehead atoms. The summed E-state index contributed by atoms with van der Waals surface area (Å²) in [6, 6.07) is 8.02. The largest absolute Gasteiger partial charge is 0.469 e. The summed E-state index contributed by atoms with van der Waals surface area (Å²) in [4.78, 5) is 0.0228. The summed E-state index contributed by atoms with van der Waals surface area (Å²) in [6.45, 7) is 1.95. The molecule has 0 fully saturated rings. The Bertz CT molecular complexity index is 684. The quantitative estimate of drug-likeness (QED) is 0.888. The van der Waals surface area contributed by atoms with Crippen molar-refractivity contribution in [1.29, 1.82) is 0 Å². The van der Waals surface area contributed by atoms with Crippen LogP contribution in [0.3, 0.4) is 0 Å². The Morgan fingerprint density at radius 2 is 2.15 bits per heavy atom. The molecule has 0 aliphatic heterocycles. The molecular formula is C13H15ClN2O3S. The average molecular weight is 315 g/mol. The van der Waals surface area contributed by atoms with Crippen molar-refractivity contribution in [3.63, 3.8) is 0 Å². The number of primary sulfonamides is 1. The van der Waals surface area contributed by atoms with E-state index in [1.54, 1.807) is 6.26 Å². The lowest BCUT2D eigenvalue weighted by Crippen LogP contribution is -2.19. The van der Waals surface area contributed by atoms with Crippen LogP contribution in [0.1, 0.15) is 12.7 Å². The summed E-state index contributed by atoms with van der Waals surface area (Å²) in [5, 5.41) is 8.69. The van der Waals surface area contributed by atoms with Crippen LogP contribution in [0.25, 0.3) is 0 Å². The molecule has 1 heterocycles. The highest BCUT2D eigenvalue weighted by atomic mass is 35.5. The van der Waals surface area contributed by atoms with E-state index in [0.29, 0.717) is 17.1 Å². The summed E-state index contributed by atoms with van der Waals surface area (Å²) < 4.78 is 27.9. The Morgan fingerprint density at radius 3 is 2.75 bits per heavy atom. The summed E-state index contributed by atoms with van der Waals surface area (Å²) in [6.07, 6.45) is 2.26. The summed E-state index contributed by atoms with van der Waals surface area (Å²) in [7, 11) is -3.74. The highest BCUT2D eigenvalue weighted by Gasteiger charge is 2.13. The second-order valence-corrected chi connectivity index (χ2v) is 6.48. The second-order valence-electron chi connectivity index (χ2n) is 4.52. The molecule has 2 rings (SSSR count). The van der Waals surface area contributed by atoms with Gasteiger partial charge in [0.2, 0.25) is 10.0 Å². The molecule has 1 atom stereocenters. The van der Waals surface area contributed by atoms with E-state index in [-0.39, 0.29) is 10.9 Å². The van der Waals surface area contributed by atoms with Gasteiger partial charge in [0.15, 0.2) is 0 Å². The molecule has 1 unspecified atom stereocenters. The Hall–Kier alpha value is -1.50. The summed E-state index contributed by atoms with van der Waals surface area (Å²) in [5.74, 6) is 0.837. The van der Waals surface area contributed by atoms with Crippen molar-refractivity contribution >= 4 is 27.3 Å². The third-order valence-electron chi connectivity index (χ3n) is 2.76. The van der Waals surface area contributed by atoms with Crippen LogP contribution in [-0.4, -0.2) is 14.5 Å². The molecule has 0 aliphatic rings. The Labute approximate surface area is 122 Å². The Morgan fingerprint density at radius 1 is 1.40 bits per heavy atom. The monoisotopic (exact) mass is 314 g/mol. The van der Waals surface area contributed by atoms with Gasteiger partial charge in [-0.15, -0.1) is 0 Å². The standard InChI is InChI=1S/C13H15ClN2O3S/c1-9(7-10-3-2-6-19-10)16-13-8-11(20(15,17)18)4-5-12(13)14/h2-6,8-9,16H,7H2,1H3,(H2,15,17,18). The van der Waals surface area contributed by atoms with E-state index in [4.69, 9.17) is 21.2 Å². The van der Waals surface area contributed by atoms with Gasteiger partial charge in [-0.25, -0.2) is 13.6 Å². The Balaban J connectivity index is 2.16. The molecule has 0 aliphatic carbocycles. The van der Waals surface area contributed by atoms with Crippen molar-refractivity contribution in [2.45, 2.75) is 24.3 Å². The van der Waals surface area contributed by atoms with Crippen molar-refractivity contribution in [3.8, 4) is 0 Å². The van der Waals surface area contributed by atoms with Gasteiger partial charge in [-0.3, -0.25) is 0 Å². The van der Waals surface area contributed by atoms with Gasteiger partial charge < -0.3 is 9.73 Å². The predicted octanol–water partition coefficient (Wildman–Crippen LogP) is 2.62. The van der Waals surface area contributed by atoms with E-state index >= 15 is 0 Å². The molecular weight excluding hydrogens is 300 g/mol. The van der Waals surface area contributed by atoms with Crippen molar-refractivity contribution in [1.82, 2.24) is 0 Å². The van der Waals surface area contributed by atoms with Gasteiger partial charge in [-0.1, -0.05) is 11.6 Å². The number of hydrogen-bond donors (Lipinski definition) is 2. The van der Waals surface area contributed by atoms with Gasteiger partial charge in [-0.2, -0.15) is 0 Å². The first-order valence-corrected chi connectivity index (χ1v) is 7.90. The third kappa shape index (κ3) is 3.75. The molecule has 1 aromatic carbocycles. The van der Waals surface area contributed by atoms with Crippen LogP contribution < -0.4 is 10.5 Å². The van der Waals surface area contributed by atoms with Crippen LogP contribution >= 0.6 is 11.6 Å². The lowest BCUT2D eigenvalue weighted by Gasteiger charge is -2.16. The van der Waals surface area contributed by atoms with E-state index in [9.17, 15) is 8.42 Å². The number of hydrogen-bond acceptors (Lipinski definition) is 4. The van der Waals surface area contributed by atoms with Crippen molar-refractivity contribution in [3.05, 3.63) is 47.4 Å². The van der Waals surface area contributed by atoms with Gasteiger partial charge in [0.05, 0.1) is 21.9 Å². The molecule has 20 heavy (non-hydrogen) atoms. The maximum Gasteiger partial charge on any atom is 0.238 e. The molecule has 2 aromatic rings. The van der Waals surface area contributed by atoms with Crippen LogP contribution in [-0.2, 0) is 16.4 Å². The molecule has 0 saturated carbocycles. The summed E-state index contributed by atoms with van der Waals surface area (Å²) in [5.41, 5.74) is 0.525. The molecule has 1 aromatic heterocycles. The molecule has 0 saturated heterocycles. The van der Waals surface area contributed by atoms with Gasteiger partial charge in [-0.05, 0) is 37.3 Å². The molecule has 0 radical (unpaired) electrons. The first-order valence-electron chi connectivity index (χ1n) is 5.97. The minimum absolute atomic E-state index is 0.0226. The lowest BCUT2D eigenvalue weighted by molar-refractivity contribution is 0.498. The lowest BCUT2D eigenvalue weighted by atomic mass is 10.2. The minimum atomic E-state index is -3.74. The molecule has 0 amide bonds. The molecule has 3 N–H and O–H groups in total. The zero-order valence-electron chi connectivity index (χ0n) is 10.8. The average Bonchev–Trinajstić information content (AvgIpc) is 2.83.